The number of thiophene rings is 1. The predicted molar refractivity (Wildman–Crippen MR) is 79.7 cm³/mol. The van der Waals surface area contributed by atoms with Crippen LogP contribution in [-0.2, 0) is 6.42 Å². The van der Waals surface area contributed by atoms with Crippen LogP contribution >= 0.6 is 59.1 Å². The Morgan fingerprint density at radius 3 is 2.59 bits per heavy atom. The first-order chi connectivity index (χ1) is 8.06. The molecule has 88 valence electrons. The van der Waals surface area contributed by atoms with Gasteiger partial charge in [-0.25, -0.2) is 0 Å². The number of Topliss-reactive ketones (excluding diaryl/α,β-unsaturated/α-hetero) is 1. The zero-order valence-electron chi connectivity index (χ0n) is 8.41. The van der Waals surface area contributed by atoms with E-state index < -0.39 is 0 Å². The van der Waals surface area contributed by atoms with Crippen molar-refractivity contribution in [2.45, 2.75) is 6.42 Å². The topological polar surface area (TPSA) is 30.0 Å². The van der Waals surface area contributed by atoms with E-state index in [0.717, 1.165) is 23.3 Å². The standard InChI is InChI=1S/C11H6Br3NOS/c12-6-1-2-7(15-5-6)3-9(16)10-4-8(13)11(14)17-10/h1-2,4-5H,3H2. The van der Waals surface area contributed by atoms with Crippen molar-refractivity contribution in [1.29, 1.82) is 0 Å². The van der Waals surface area contributed by atoms with Gasteiger partial charge in [0.05, 0.1) is 15.1 Å². The summed E-state index contributed by atoms with van der Waals surface area (Å²) in [5, 5.41) is 0. The van der Waals surface area contributed by atoms with Gasteiger partial charge in [-0.3, -0.25) is 9.78 Å². The van der Waals surface area contributed by atoms with Crippen LogP contribution in [0, 0.1) is 0 Å². The highest BCUT2D eigenvalue weighted by Gasteiger charge is 2.13. The Morgan fingerprint density at radius 1 is 1.29 bits per heavy atom. The number of pyridine rings is 1. The number of nitrogens with zero attached hydrogens (tertiary/aromatic N) is 1. The molecule has 2 aromatic rings. The molecule has 0 bridgehead atoms. The number of hydrogen-bond donors (Lipinski definition) is 0. The summed E-state index contributed by atoms with van der Waals surface area (Å²) in [7, 11) is 0. The molecule has 2 rings (SSSR count). The van der Waals surface area contributed by atoms with Gasteiger partial charge < -0.3 is 0 Å². The molecular formula is C11H6Br3NOS. The second-order valence-corrected chi connectivity index (χ2v) is 7.44. The molecule has 0 saturated carbocycles. The van der Waals surface area contributed by atoms with E-state index in [-0.39, 0.29) is 5.78 Å². The van der Waals surface area contributed by atoms with Crippen LogP contribution in [0.4, 0.5) is 0 Å². The quantitative estimate of drug-likeness (QED) is 0.639. The molecule has 0 aliphatic carbocycles. The van der Waals surface area contributed by atoms with E-state index in [0.29, 0.717) is 6.42 Å². The van der Waals surface area contributed by atoms with Crippen LogP contribution in [0.2, 0.25) is 0 Å². The third-order valence-corrected chi connectivity index (χ3v) is 5.82. The number of hydrogen-bond acceptors (Lipinski definition) is 3. The fourth-order valence-electron chi connectivity index (χ4n) is 1.25. The molecular weight excluding hydrogens is 434 g/mol. The van der Waals surface area contributed by atoms with Gasteiger partial charge in [0.15, 0.2) is 5.78 Å². The highest BCUT2D eigenvalue weighted by Crippen LogP contribution is 2.32. The minimum atomic E-state index is 0.0798. The van der Waals surface area contributed by atoms with Gasteiger partial charge in [0.2, 0.25) is 0 Å². The molecule has 2 heterocycles. The molecule has 2 aromatic heterocycles. The van der Waals surface area contributed by atoms with Crippen LogP contribution in [0.3, 0.4) is 0 Å². The van der Waals surface area contributed by atoms with E-state index in [1.807, 2.05) is 18.2 Å². The Kier molecular flexibility index (Phi) is 4.52. The monoisotopic (exact) mass is 437 g/mol. The summed E-state index contributed by atoms with van der Waals surface area (Å²) in [6.07, 6.45) is 2.02. The third kappa shape index (κ3) is 3.47. The summed E-state index contributed by atoms with van der Waals surface area (Å²) in [5.74, 6) is 0.0798. The lowest BCUT2D eigenvalue weighted by atomic mass is 10.2. The minimum absolute atomic E-state index is 0.0798. The first-order valence-electron chi connectivity index (χ1n) is 4.64. The van der Waals surface area contributed by atoms with E-state index in [1.54, 1.807) is 6.20 Å². The van der Waals surface area contributed by atoms with E-state index in [2.05, 4.69) is 52.8 Å². The first kappa shape index (κ1) is 13.4. The average molecular weight is 440 g/mol. The number of carbonyl (C=O) groups excluding carboxylic acids is 1. The summed E-state index contributed by atoms with van der Waals surface area (Å²) in [6.45, 7) is 0. The lowest BCUT2D eigenvalue weighted by Crippen LogP contribution is -2.02. The molecule has 0 aliphatic heterocycles. The molecule has 6 heteroatoms. The van der Waals surface area contributed by atoms with Crippen molar-refractivity contribution >= 4 is 64.9 Å². The third-order valence-electron chi connectivity index (χ3n) is 2.05. The maximum Gasteiger partial charge on any atom is 0.178 e. The van der Waals surface area contributed by atoms with E-state index in [4.69, 9.17) is 0 Å². The molecule has 0 fully saturated rings. The number of aromatic nitrogens is 1. The van der Waals surface area contributed by atoms with Crippen molar-refractivity contribution in [3.63, 3.8) is 0 Å². The second kappa shape index (κ2) is 5.73. The molecule has 0 unspecified atom stereocenters. The van der Waals surface area contributed by atoms with Crippen molar-refractivity contribution in [2.24, 2.45) is 0 Å². The molecule has 0 aromatic carbocycles. The predicted octanol–water partition coefficient (Wildman–Crippen LogP) is 4.86. The normalized spacial score (nSPS) is 10.5. The van der Waals surface area contributed by atoms with Crippen molar-refractivity contribution < 1.29 is 4.79 Å². The molecule has 0 spiro atoms. The van der Waals surface area contributed by atoms with Gasteiger partial charge in [-0.15, -0.1) is 11.3 Å². The van der Waals surface area contributed by atoms with Crippen LogP contribution in [0.5, 0.6) is 0 Å². The number of carbonyl (C=O) groups is 1. The maximum absolute atomic E-state index is 12.0. The zero-order valence-corrected chi connectivity index (χ0v) is 14.0. The smallest absolute Gasteiger partial charge is 0.178 e. The van der Waals surface area contributed by atoms with Gasteiger partial charge >= 0.3 is 0 Å². The van der Waals surface area contributed by atoms with Gasteiger partial charge in [0.25, 0.3) is 0 Å². The van der Waals surface area contributed by atoms with Crippen LogP contribution in [0.25, 0.3) is 0 Å². The molecule has 0 N–H and O–H groups in total. The van der Waals surface area contributed by atoms with Crippen molar-refractivity contribution in [3.05, 3.63) is 47.7 Å². The maximum atomic E-state index is 12.0. The second-order valence-electron chi connectivity index (χ2n) is 3.30. The first-order valence-corrected chi connectivity index (χ1v) is 7.84. The van der Waals surface area contributed by atoms with Crippen LogP contribution in [-0.4, -0.2) is 10.8 Å². The highest BCUT2D eigenvalue weighted by atomic mass is 79.9. The summed E-state index contributed by atoms with van der Waals surface area (Å²) >= 11 is 11.5. The largest absolute Gasteiger partial charge is 0.293 e. The molecule has 0 aliphatic rings. The number of rotatable bonds is 3. The SMILES string of the molecule is O=C(Cc1ccc(Br)cn1)c1cc(Br)c(Br)s1. The van der Waals surface area contributed by atoms with Crippen molar-refractivity contribution in [1.82, 2.24) is 4.98 Å². The van der Waals surface area contributed by atoms with E-state index >= 15 is 0 Å². The highest BCUT2D eigenvalue weighted by molar-refractivity contribution is 9.13. The number of halogens is 3. The summed E-state index contributed by atoms with van der Waals surface area (Å²) in [6, 6.07) is 5.56. The lowest BCUT2D eigenvalue weighted by molar-refractivity contribution is 0.0996. The van der Waals surface area contributed by atoms with Gasteiger partial charge in [-0.2, -0.15) is 0 Å². The summed E-state index contributed by atoms with van der Waals surface area (Å²) in [5.41, 5.74) is 0.777. The molecule has 0 saturated heterocycles. The summed E-state index contributed by atoms with van der Waals surface area (Å²) < 4.78 is 2.76. The van der Waals surface area contributed by atoms with Crippen molar-refractivity contribution in [3.8, 4) is 0 Å². The summed E-state index contributed by atoms with van der Waals surface area (Å²) in [4.78, 5) is 16.9. The number of ketones is 1. The van der Waals surface area contributed by atoms with Crippen LogP contribution in [0.15, 0.2) is 37.1 Å². The van der Waals surface area contributed by atoms with Crippen LogP contribution < -0.4 is 0 Å². The zero-order chi connectivity index (χ0) is 12.4. The Hall–Kier alpha value is -0.0400. The molecule has 17 heavy (non-hydrogen) atoms. The van der Waals surface area contributed by atoms with Crippen LogP contribution in [0.1, 0.15) is 15.4 Å². The Balaban J connectivity index is 2.14. The minimum Gasteiger partial charge on any atom is -0.293 e. The molecule has 0 amide bonds. The fraction of sp³-hybridized carbons (Fsp3) is 0.0909. The Morgan fingerprint density at radius 2 is 2.06 bits per heavy atom. The van der Waals surface area contributed by atoms with Gasteiger partial charge in [-0.05, 0) is 66.0 Å². The Bertz CT molecular complexity index is 531. The van der Waals surface area contributed by atoms with E-state index in [1.165, 1.54) is 11.3 Å². The molecule has 0 radical (unpaired) electrons. The molecule has 2 nitrogen and oxygen atoms in total. The average Bonchev–Trinajstić information content (AvgIpc) is 2.63. The van der Waals surface area contributed by atoms with Gasteiger partial charge in [0.1, 0.15) is 0 Å². The van der Waals surface area contributed by atoms with E-state index in [9.17, 15) is 4.79 Å². The van der Waals surface area contributed by atoms with Crippen molar-refractivity contribution in [2.75, 3.05) is 0 Å². The fourth-order valence-corrected chi connectivity index (χ4v) is 3.45. The Labute approximate surface area is 128 Å². The lowest BCUT2D eigenvalue weighted by Gasteiger charge is -1.98. The molecule has 0 atom stereocenters. The van der Waals surface area contributed by atoms with Gasteiger partial charge in [0, 0.05) is 20.8 Å². The van der Waals surface area contributed by atoms with Gasteiger partial charge in [-0.1, -0.05) is 0 Å².